The van der Waals surface area contributed by atoms with Crippen LogP contribution in [0.25, 0.3) is 11.4 Å². The third kappa shape index (κ3) is 2.67. The van der Waals surface area contributed by atoms with Gasteiger partial charge in [0.1, 0.15) is 11.6 Å². The van der Waals surface area contributed by atoms with E-state index in [-0.39, 0.29) is 0 Å². The number of methoxy groups -OCH3 is 1. The highest BCUT2D eigenvalue weighted by Crippen LogP contribution is 2.36. The van der Waals surface area contributed by atoms with E-state index in [0.717, 1.165) is 10.2 Å². The summed E-state index contributed by atoms with van der Waals surface area (Å²) in [5, 5.41) is 3.58. The Balaban J connectivity index is 2.69. The molecular formula is C13H13BrClN3O. The van der Waals surface area contributed by atoms with Crippen LogP contribution in [0, 0.1) is 6.92 Å². The molecule has 0 atom stereocenters. The summed E-state index contributed by atoms with van der Waals surface area (Å²) < 4.78 is 6.17. The lowest BCUT2D eigenvalue weighted by Crippen LogP contribution is -2.02. The second-order valence-electron chi connectivity index (χ2n) is 3.86. The third-order valence-electron chi connectivity index (χ3n) is 2.67. The first-order valence-corrected chi connectivity index (χ1v) is 6.80. The number of hydrogen-bond acceptors (Lipinski definition) is 4. The third-order valence-corrected chi connectivity index (χ3v) is 3.94. The van der Waals surface area contributed by atoms with Gasteiger partial charge >= 0.3 is 0 Å². The fourth-order valence-corrected chi connectivity index (χ4v) is 2.35. The quantitative estimate of drug-likeness (QED) is 0.918. The molecule has 0 fully saturated rings. The molecular weight excluding hydrogens is 330 g/mol. The van der Waals surface area contributed by atoms with E-state index in [9.17, 15) is 0 Å². The SMILES string of the molecule is CNc1nc(-c2c(Cl)cccc2OC)nc(C)c1Br. The zero-order chi connectivity index (χ0) is 14.0. The van der Waals surface area contributed by atoms with E-state index in [1.807, 2.05) is 19.1 Å². The normalized spacial score (nSPS) is 10.4. The smallest absolute Gasteiger partial charge is 0.167 e. The Morgan fingerprint density at radius 3 is 2.68 bits per heavy atom. The molecule has 100 valence electrons. The van der Waals surface area contributed by atoms with Gasteiger partial charge in [-0.2, -0.15) is 0 Å². The molecule has 0 aliphatic carbocycles. The van der Waals surface area contributed by atoms with Gasteiger partial charge in [0.25, 0.3) is 0 Å². The van der Waals surface area contributed by atoms with E-state index in [1.54, 1.807) is 20.2 Å². The van der Waals surface area contributed by atoms with Crippen molar-refractivity contribution in [2.24, 2.45) is 0 Å². The van der Waals surface area contributed by atoms with Gasteiger partial charge in [0.2, 0.25) is 0 Å². The molecule has 0 saturated carbocycles. The highest BCUT2D eigenvalue weighted by Gasteiger charge is 2.16. The molecule has 0 aliphatic rings. The first kappa shape index (κ1) is 14.1. The minimum Gasteiger partial charge on any atom is -0.496 e. The van der Waals surface area contributed by atoms with Crippen LogP contribution in [-0.4, -0.2) is 24.1 Å². The van der Waals surface area contributed by atoms with Gasteiger partial charge in [0, 0.05) is 7.05 Å². The Hall–Kier alpha value is -1.33. The molecule has 1 aromatic heterocycles. The molecule has 19 heavy (non-hydrogen) atoms. The number of aromatic nitrogens is 2. The van der Waals surface area contributed by atoms with E-state index in [1.165, 1.54) is 0 Å². The Morgan fingerprint density at radius 1 is 1.32 bits per heavy atom. The van der Waals surface area contributed by atoms with Crippen molar-refractivity contribution in [1.29, 1.82) is 0 Å². The molecule has 0 saturated heterocycles. The molecule has 1 N–H and O–H groups in total. The van der Waals surface area contributed by atoms with E-state index < -0.39 is 0 Å². The van der Waals surface area contributed by atoms with Crippen LogP contribution < -0.4 is 10.1 Å². The van der Waals surface area contributed by atoms with Crippen LogP contribution in [0.1, 0.15) is 5.69 Å². The molecule has 2 rings (SSSR count). The van der Waals surface area contributed by atoms with E-state index in [4.69, 9.17) is 16.3 Å². The minimum absolute atomic E-state index is 0.535. The van der Waals surface area contributed by atoms with Crippen LogP contribution in [0.5, 0.6) is 5.75 Å². The lowest BCUT2D eigenvalue weighted by molar-refractivity contribution is 0.416. The number of hydrogen-bond donors (Lipinski definition) is 1. The maximum Gasteiger partial charge on any atom is 0.167 e. The maximum absolute atomic E-state index is 6.24. The van der Waals surface area contributed by atoms with Gasteiger partial charge in [-0.15, -0.1) is 0 Å². The number of nitrogens with one attached hydrogen (secondary N) is 1. The number of rotatable bonds is 3. The second kappa shape index (κ2) is 5.75. The lowest BCUT2D eigenvalue weighted by atomic mass is 10.2. The van der Waals surface area contributed by atoms with E-state index in [0.29, 0.717) is 28.0 Å². The molecule has 2 aromatic rings. The van der Waals surface area contributed by atoms with Gasteiger partial charge in [-0.05, 0) is 35.0 Å². The molecule has 0 aliphatic heterocycles. The summed E-state index contributed by atoms with van der Waals surface area (Å²) >= 11 is 9.69. The summed E-state index contributed by atoms with van der Waals surface area (Å²) in [4.78, 5) is 8.92. The summed E-state index contributed by atoms with van der Waals surface area (Å²) in [6.07, 6.45) is 0. The first-order valence-electron chi connectivity index (χ1n) is 5.63. The molecule has 0 unspecified atom stereocenters. The number of anilines is 1. The van der Waals surface area contributed by atoms with Crippen LogP contribution in [0.2, 0.25) is 5.02 Å². The Morgan fingerprint density at radius 2 is 2.05 bits per heavy atom. The predicted molar refractivity (Wildman–Crippen MR) is 81.0 cm³/mol. The van der Waals surface area contributed by atoms with Crippen LogP contribution >= 0.6 is 27.5 Å². The molecule has 0 radical (unpaired) electrons. The average Bonchev–Trinajstić information content (AvgIpc) is 2.41. The maximum atomic E-state index is 6.24. The fourth-order valence-electron chi connectivity index (χ4n) is 1.73. The van der Waals surface area contributed by atoms with E-state index >= 15 is 0 Å². The van der Waals surface area contributed by atoms with Gasteiger partial charge in [0.05, 0.1) is 27.9 Å². The van der Waals surface area contributed by atoms with Crippen LogP contribution in [0.15, 0.2) is 22.7 Å². The number of halogens is 2. The van der Waals surface area contributed by atoms with E-state index in [2.05, 4.69) is 31.2 Å². The van der Waals surface area contributed by atoms with Gasteiger partial charge in [0.15, 0.2) is 5.82 Å². The topological polar surface area (TPSA) is 47.0 Å². The number of ether oxygens (including phenoxy) is 1. The molecule has 6 heteroatoms. The average molecular weight is 343 g/mol. The molecule has 0 spiro atoms. The molecule has 0 amide bonds. The first-order chi connectivity index (χ1) is 9.08. The fraction of sp³-hybridized carbons (Fsp3) is 0.231. The van der Waals surface area contributed by atoms with Crippen molar-refractivity contribution in [2.75, 3.05) is 19.5 Å². The minimum atomic E-state index is 0.535. The molecule has 1 aromatic carbocycles. The zero-order valence-corrected chi connectivity index (χ0v) is 13.1. The summed E-state index contributed by atoms with van der Waals surface area (Å²) in [5.41, 5.74) is 1.52. The summed E-state index contributed by atoms with van der Waals surface area (Å²) in [6.45, 7) is 1.90. The molecule has 0 bridgehead atoms. The van der Waals surface area contributed by atoms with Crippen LogP contribution in [0.3, 0.4) is 0 Å². The Kier molecular flexibility index (Phi) is 4.27. The van der Waals surface area contributed by atoms with Crippen molar-refractivity contribution in [1.82, 2.24) is 9.97 Å². The van der Waals surface area contributed by atoms with Crippen molar-refractivity contribution < 1.29 is 4.74 Å². The monoisotopic (exact) mass is 341 g/mol. The van der Waals surface area contributed by atoms with Gasteiger partial charge in [-0.25, -0.2) is 9.97 Å². The predicted octanol–water partition coefficient (Wildman–Crippen LogP) is 3.92. The molecule has 1 heterocycles. The largest absolute Gasteiger partial charge is 0.496 e. The summed E-state index contributed by atoms with van der Waals surface area (Å²) in [5.74, 6) is 1.90. The standard InChI is InChI=1S/C13H13BrClN3O/c1-7-11(14)13(16-2)18-12(17-7)10-8(15)5-4-6-9(10)19-3/h4-6H,1-3H3,(H,16,17,18). The van der Waals surface area contributed by atoms with Gasteiger partial charge in [-0.3, -0.25) is 0 Å². The number of aryl methyl sites for hydroxylation is 1. The zero-order valence-electron chi connectivity index (χ0n) is 10.8. The Bertz CT molecular complexity index is 619. The van der Waals surface area contributed by atoms with Gasteiger partial charge < -0.3 is 10.1 Å². The van der Waals surface area contributed by atoms with Crippen molar-refractivity contribution in [2.45, 2.75) is 6.92 Å². The molecule has 4 nitrogen and oxygen atoms in total. The second-order valence-corrected chi connectivity index (χ2v) is 5.06. The van der Waals surface area contributed by atoms with Crippen molar-refractivity contribution >= 4 is 33.3 Å². The highest BCUT2D eigenvalue weighted by atomic mass is 79.9. The number of nitrogens with zero attached hydrogens (tertiary/aromatic N) is 2. The van der Waals surface area contributed by atoms with Crippen LogP contribution in [-0.2, 0) is 0 Å². The van der Waals surface area contributed by atoms with Crippen LogP contribution in [0.4, 0.5) is 5.82 Å². The van der Waals surface area contributed by atoms with Crippen molar-refractivity contribution in [3.05, 3.63) is 33.4 Å². The highest BCUT2D eigenvalue weighted by molar-refractivity contribution is 9.10. The summed E-state index contributed by atoms with van der Waals surface area (Å²) in [6, 6.07) is 5.45. The summed E-state index contributed by atoms with van der Waals surface area (Å²) in [7, 11) is 3.40. The Labute approximate surface area is 125 Å². The van der Waals surface area contributed by atoms with Gasteiger partial charge in [-0.1, -0.05) is 17.7 Å². The van der Waals surface area contributed by atoms with Crippen molar-refractivity contribution in [3.8, 4) is 17.1 Å². The number of benzene rings is 1. The van der Waals surface area contributed by atoms with Crippen molar-refractivity contribution in [3.63, 3.8) is 0 Å². The lowest BCUT2D eigenvalue weighted by Gasteiger charge is -2.12.